The molecule has 2 heterocycles. The van der Waals surface area contributed by atoms with Gasteiger partial charge in [-0.25, -0.2) is 4.79 Å². The molecule has 31 heavy (non-hydrogen) atoms. The molecule has 3 rings (SSSR count). The van der Waals surface area contributed by atoms with Gasteiger partial charge in [0.25, 0.3) is 0 Å². The number of nitrogens with zero attached hydrogens (tertiary/aromatic N) is 5. The van der Waals surface area contributed by atoms with Gasteiger partial charge in [-0.3, -0.25) is 4.79 Å². The number of anilines is 1. The number of piperazine rings is 1. The molecule has 2 aromatic rings. The van der Waals surface area contributed by atoms with Crippen LogP contribution in [0.3, 0.4) is 0 Å². The van der Waals surface area contributed by atoms with Gasteiger partial charge in [0, 0.05) is 44.8 Å². The average Bonchev–Trinajstić information content (AvgIpc) is 2.82. The molecule has 0 atom stereocenters. The monoisotopic (exact) mass is 426 g/mol. The highest BCUT2D eigenvalue weighted by molar-refractivity contribution is 5.84. The van der Waals surface area contributed by atoms with Crippen LogP contribution in [0.1, 0.15) is 13.8 Å². The molecule has 1 aliphatic rings. The Balaban J connectivity index is 1.55. The van der Waals surface area contributed by atoms with Crippen molar-refractivity contribution < 1.29 is 14.3 Å². The number of methoxy groups -OCH3 is 1. The van der Waals surface area contributed by atoms with Crippen molar-refractivity contribution in [3.63, 3.8) is 0 Å². The first-order valence-electron chi connectivity index (χ1n) is 10.6. The highest BCUT2D eigenvalue weighted by Gasteiger charge is 2.24. The summed E-state index contributed by atoms with van der Waals surface area (Å²) in [5, 5.41) is 11.5. The number of ether oxygens (including phenoxy) is 1. The Bertz CT molecular complexity index is 881. The minimum Gasteiger partial charge on any atom is -0.497 e. The van der Waals surface area contributed by atoms with Crippen LogP contribution in [0.2, 0.25) is 0 Å². The standard InChI is InChI=1S/C22H30N6O3/c1-4-23-22(30)26(5-2)16-21(29)28-13-11-27(12-14-28)20-10-9-19(24-25-20)17-7-6-8-18(15-17)31-3/h6-10,15H,4-5,11-14,16H2,1-3H3,(H,23,30). The summed E-state index contributed by atoms with van der Waals surface area (Å²) in [6.45, 7) is 7.38. The maximum atomic E-state index is 12.6. The second-order valence-electron chi connectivity index (χ2n) is 7.23. The third kappa shape index (κ3) is 5.62. The Kier molecular flexibility index (Phi) is 7.64. The first-order chi connectivity index (χ1) is 15.0. The lowest BCUT2D eigenvalue weighted by Gasteiger charge is -2.36. The molecule has 9 nitrogen and oxygen atoms in total. The van der Waals surface area contributed by atoms with Gasteiger partial charge >= 0.3 is 6.03 Å². The number of carbonyl (C=O) groups excluding carboxylic acids is 2. The van der Waals surface area contributed by atoms with E-state index in [-0.39, 0.29) is 18.5 Å². The Labute approximate surface area is 183 Å². The summed E-state index contributed by atoms with van der Waals surface area (Å²) in [4.78, 5) is 30.1. The molecule has 1 aromatic carbocycles. The van der Waals surface area contributed by atoms with E-state index in [1.165, 1.54) is 4.90 Å². The second kappa shape index (κ2) is 10.6. The van der Waals surface area contributed by atoms with Gasteiger partial charge < -0.3 is 24.8 Å². The smallest absolute Gasteiger partial charge is 0.317 e. The number of carbonyl (C=O) groups is 2. The van der Waals surface area contributed by atoms with Gasteiger partial charge in [-0.15, -0.1) is 10.2 Å². The van der Waals surface area contributed by atoms with Gasteiger partial charge in [0.15, 0.2) is 5.82 Å². The normalized spacial score (nSPS) is 13.6. The molecular weight excluding hydrogens is 396 g/mol. The number of benzene rings is 1. The molecule has 0 saturated carbocycles. The van der Waals surface area contributed by atoms with E-state index in [1.807, 2.05) is 50.2 Å². The lowest BCUT2D eigenvalue weighted by molar-refractivity contribution is -0.132. The fourth-order valence-corrected chi connectivity index (χ4v) is 3.47. The van der Waals surface area contributed by atoms with Crippen LogP contribution in [0.5, 0.6) is 5.75 Å². The number of hydrogen-bond donors (Lipinski definition) is 1. The van der Waals surface area contributed by atoms with Crippen LogP contribution in [0.25, 0.3) is 11.3 Å². The summed E-state index contributed by atoms with van der Waals surface area (Å²) in [6, 6.07) is 11.4. The Morgan fingerprint density at radius 1 is 1.10 bits per heavy atom. The molecule has 0 radical (unpaired) electrons. The van der Waals surface area contributed by atoms with Crippen molar-refractivity contribution in [2.24, 2.45) is 0 Å². The number of hydrogen-bond acceptors (Lipinski definition) is 6. The molecule has 3 amide bonds. The Hall–Kier alpha value is -3.36. The first kappa shape index (κ1) is 22.3. The van der Waals surface area contributed by atoms with Crippen molar-refractivity contribution in [1.29, 1.82) is 0 Å². The predicted octanol–water partition coefficient (Wildman–Crippen LogP) is 1.85. The maximum absolute atomic E-state index is 12.6. The molecule has 9 heteroatoms. The van der Waals surface area contributed by atoms with Crippen molar-refractivity contribution in [1.82, 2.24) is 25.3 Å². The molecule has 0 bridgehead atoms. The van der Waals surface area contributed by atoms with E-state index in [9.17, 15) is 9.59 Å². The van der Waals surface area contributed by atoms with Crippen LogP contribution in [0.4, 0.5) is 10.6 Å². The zero-order valence-corrected chi connectivity index (χ0v) is 18.4. The predicted molar refractivity (Wildman–Crippen MR) is 119 cm³/mol. The summed E-state index contributed by atoms with van der Waals surface area (Å²) in [5.74, 6) is 1.53. The SMILES string of the molecule is CCNC(=O)N(CC)CC(=O)N1CCN(c2ccc(-c3cccc(OC)c3)nn2)CC1. The first-order valence-corrected chi connectivity index (χ1v) is 10.6. The van der Waals surface area contributed by atoms with Crippen molar-refractivity contribution in [2.75, 3.05) is 57.8 Å². The second-order valence-corrected chi connectivity index (χ2v) is 7.23. The summed E-state index contributed by atoms with van der Waals surface area (Å²) in [5.41, 5.74) is 1.72. The molecule has 1 fully saturated rings. The van der Waals surface area contributed by atoms with E-state index in [1.54, 1.807) is 12.0 Å². The lowest BCUT2D eigenvalue weighted by atomic mass is 10.1. The molecule has 1 saturated heterocycles. The van der Waals surface area contributed by atoms with Crippen molar-refractivity contribution >= 4 is 17.8 Å². The van der Waals surface area contributed by atoms with E-state index in [2.05, 4.69) is 20.4 Å². The topological polar surface area (TPSA) is 90.9 Å². The summed E-state index contributed by atoms with van der Waals surface area (Å²) >= 11 is 0. The van der Waals surface area contributed by atoms with Crippen LogP contribution >= 0.6 is 0 Å². The summed E-state index contributed by atoms with van der Waals surface area (Å²) in [7, 11) is 1.64. The van der Waals surface area contributed by atoms with Crippen LogP contribution in [-0.4, -0.2) is 84.9 Å². The molecule has 0 unspecified atom stereocenters. The lowest BCUT2D eigenvalue weighted by Crippen LogP contribution is -2.53. The molecule has 0 aliphatic carbocycles. The molecule has 1 N–H and O–H groups in total. The minimum atomic E-state index is -0.205. The Morgan fingerprint density at radius 3 is 2.48 bits per heavy atom. The van der Waals surface area contributed by atoms with E-state index in [0.717, 1.165) is 22.8 Å². The van der Waals surface area contributed by atoms with Crippen LogP contribution in [0.15, 0.2) is 36.4 Å². The number of urea groups is 1. The maximum Gasteiger partial charge on any atom is 0.317 e. The van der Waals surface area contributed by atoms with Gasteiger partial charge in [-0.1, -0.05) is 12.1 Å². The van der Waals surface area contributed by atoms with Crippen molar-refractivity contribution in [2.45, 2.75) is 13.8 Å². The molecular formula is C22H30N6O3. The third-order valence-corrected chi connectivity index (χ3v) is 5.30. The zero-order valence-electron chi connectivity index (χ0n) is 18.4. The van der Waals surface area contributed by atoms with Crippen LogP contribution in [-0.2, 0) is 4.79 Å². The zero-order chi connectivity index (χ0) is 22.2. The van der Waals surface area contributed by atoms with E-state index in [4.69, 9.17) is 4.74 Å². The van der Waals surface area contributed by atoms with Crippen LogP contribution < -0.4 is 15.0 Å². The highest BCUT2D eigenvalue weighted by atomic mass is 16.5. The molecule has 1 aromatic heterocycles. The molecule has 1 aliphatic heterocycles. The number of likely N-dealkylation sites (N-methyl/N-ethyl adjacent to an activating group) is 1. The van der Waals surface area contributed by atoms with Gasteiger partial charge in [0.1, 0.15) is 12.3 Å². The number of rotatable bonds is 7. The summed E-state index contributed by atoms with van der Waals surface area (Å²) in [6.07, 6.45) is 0. The van der Waals surface area contributed by atoms with Crippen LogP contribution in [0, 0.1) is 0 Å². The minimum absolute atomic E-state index is 0.0350. The van der Waals surface area contributed by atoms with Gasteiger partial charge in [0.05, 0.1) is 12.8 Å². The molecule has 166 valence electrons. The van der Waals surface area contributed by atoms with Gasteiger partial charge in [-0.05, 0) is 38.1 Å². The average molecular weight is 427 g/mol. The van der Waals surface area contributed by atoms with E-state index >= 15 is 0 Å². The number of nitrogens with one attached hydrogen (secondary N) is 1. The van der Waals surface area contributed by atoms with Gasteiger partial charge in [0.2, 0.25) is 5.91 Å². The van der Waals surface area contributed by atoms with E-state index < -0.39 is 0 Å². The molecule has 0 spiro atoms. The van der Waals surface area contributed by atoms with Gasteiger partial charge in [-0.2, -0.15) is 0 Å². The third-order valence-electron chi connectivity index (χ3n) is 5.30. The number of amides is 3. The quantitative estimate of drug-likeness (QED) is 0.727. The number of aromatic nitrogens is 2. The van der Waals surface area contributed by atoms with Crippen molar-refractivity contribution in [3.05, 3.63) is 36.4 Å². The fourth-order valence-electron chi connectivity index (χ4n) is 3.47. The van der Waals surface area contributed by atoms with Crippen molar-refractivity contribution in [3.8, 4) is 17.0 Å². The summed E-state index contributed by atoms with van der Waals surface area (Å²) < 4.78 is 5.27. The highest BCUT2D eigenvalue weighted by Crippen LogP contribution is 2.23. The van der Waals surface area contributed by atoms with E-state index in [0.29, 0.717) is 39.3 Å². The fraction of sp³-hybridized carbons (Fsp3) is 0.455. The Morgan fingerprint density at radius 2 is 1.87 bits per heavy atom. The largest absolute Gasteiger partial charge is 0.497 e.